The van der Waals surface area contributed by atoms with E-state index < -0.39 is 24.3 Å². The summed E-state index contributed by atoms with van der Waals surface area (Å²) in [4.78, 5) is 18.4. The molecule has 0 aliphatic heterocycles. The molecule has 2 atom stereocenters. The van der Waals surface area contributed by atoms with Crippen molar-refractivity contribution in [3.8, 4) is 0 Å². The molecule has 0 rings (SSSR count). The molecule has 0 aromatic carbocycles. The normalized spacial score (nSPS) is 13.6. The van der Waals surface area contributed by atoms with Crippen molar-refractivity contribution in [2.45, 2.75) is 19.1 Å². The number of nitrogens with two attached hydrogens (primary N) is 1. The number of carbonyl (C=O) groups is 2. The van der Waals surface area contributed by atoms with Gasteiger partial charge in [0.1, 0.15) is 6.04 Å². The second kappa shape index (κ2) is 6.38. The monoisotopic (exact) mass is 181 g/mol. The number of aliphatic carboxylic acids is 1. The molecule has 2 unspecified atom stereocenters. The van der Waals surface area contributed by atoms with Gasteiger partial charge in [-0.05, 0) is 6.92 Å². The molecule has 0 spiro atoms. The van der Waals surface area contributed by atoms with E-state index in [4.69, 9.17) is 31.0 Å². The number of hydrogen-bond acceptors (Lipinski definition) is 4. The standard InChI is InChI=1S/C4H9NO3.CH2O3/c1-2(6)3(5)4(7)8;2-1(3)4/h2-3,6H,5H2,1H3,(H,7,8);(H2,2,3,4). The van der Waals surface area contributed by atoms with Crippen molar-refractivity contribution in [3.63, 3.8) is 0 Å². The van der Waals surface area contributed by atoms with Gasteiger partial charge in [0.15, 0.2) is 0 Å². The lowest BCUT2D eigenvalue weighted by Crippen LogP contribution is -2.39. The van der Waals surface area contributed by atoms with Gasteiger partial charge in [-0.25, -0.2) is 4.79 Å². The van der Waals surface area contributed by atoms with E-state index in [9.17, 15) is 4.79 Å². The first-order valence-electron chi connectivity index (χ1n) is 2.87. The van der Waals surface area contributed by atoms with E-state index in [-0.39, 0.29) is 0 Å². The van der Waals surface area contributed by atoms with Gasteiger partial charge < -0.3 is 26.2 Å². The molecule has 6 N–H and O–H groups in total. The second-order valence-electron chi connectivity index (χ2n) is 1.89. The average molecular weight is 181 g/mol. The van der Waals surface area contributed by atoms with Crippen LogP contribution >= 0.6 is 0 Å². The van der Waals surface area contributed by atoms with Crippen LogP contribution in [0, 0.1) is 0 Å². The van der Waals surface area contributed by atoms with Gasteiger partial charge in [0.05, 0.1) is 6.10 Å². The third-order valence-corrected chi connectivity index (χ3v) is 0.805. The molecule has 0 saturated carbocycles. The molecule has 0 saturated heterocycles. The summed E-state index contributed by atoms with van der Waals surface area (Å²) in [5, 5.41) is 30.5. The number of rotatable bonds is 2. The van der Waals surface area contributed by atoms with Crippen molar-refractivity contribution in [3.05, 3.63) is 0 Å². The lowest BCUT2D eigenvalue weighted by molar-refractivity contribution is -0.140. The molecule has 0 aliphatic carbocycles. The van der Waals surface area contributed by atoms with Crippen molar-refractivity contribution in [1.82, 2.24) is 0 Å². The highest BCUT2D eigenvalue weighted by molar-refractivity contribution is 5.73. The van der Waals surface area contributed by atoms with E-state index in [1.54, 1.807) is 0 Å². The molecular weight excluding hydrogens is 170 g/mol. The first-order valence-corrected chi connectivity index (χ1v) is 2.87. The summed E-state index contributed by atoms with van der Waals surface area (Å²) in [6.45, 7) is 1.33. The molecule has 0 bridgehead atoms. The minimum atomic E-state index is -1.83. The maximum absolute atomic E-state index is 9.86. The summed E-state index contributed by atoms with van der Waals surface area (Å²) in [7, 11) is 0. The minimum Gasteiger partial charge on any atom is -0.480 e. The van der Waals surface area contributed by atoms with Crippen LogP contribution in [0.4, 0.5) is 4.79 Å². The van der Waals surface area contributed by atoms with Crippen LogP contribution in [0.2, 0.25) is 0 Å². The van der Waals surface area contributed by atoms with Crippen molar-refractivity contribution < 1.29 is 30.0 Å². The first kappa shape index (κ1) is 13.3. The topological polar surface area (TPSA) is 141 Å². The van der Waals surface area contributed by atoms with Crippen LogP contribution in [-0.2, 0) is 4.79 Å². The predicted molar refractivity (Wildman–Crippen MR) is 37.9 cm³/mol. The highest BCUT2D eigenvalue weighted by Crippen LogP contribution is 1.85. The van der Waals surface area contributed by atoms with Gasteiger partial charge in [-0.2, -0.15) is 0 Å². The van der Waals surface area contributed by atoms with E-state index in [1.807, 2.05) is 0 Å². The largest absolute Gasteiger partial charge is 0.503 e. The van der Waals surface area contributed by atoms with Crippen LogP contribution < -0.4 is 5.73 Å². The van der Waals surface area contributed by atoms with E-state index in [2.05, 4.69) is 0 Å². The van der Waals surface area contributed by atoms with Crippen molar-refractivity contribution in [2.24, 2.45) is 5.73 Å². The van der Waals surface area contributed by atoms with Gasteiger partial charge in [-0.1, -0.05) is 0 Å². The molecule has 0 fully saturated rings. The number of hydrogen-bond donors (Lipinski definition) is 5. The minimum absolute atomic E-state index is 0.979. The highest BCUT2D eigenvalue weighted by Gasteiger charge is 2.16. The van der Waals surface area contributed by atoms with Crippen LogP contribution in [0.15, 0.2) is 0 Å². The number of carboxylic acid groups (broad SMARTS) is 3. The van der Waals surface area contributed by atoms with Gasteiger partial charge in [0.25, 0.3) is 0 Å². The third-order valence-electron chi connectivity index (χ3n) is 0.805. The van der Waals surface area contributed by atoms with Crippen molar-refractivity contribution in [1.29, 1.82) is 0 Å². The Labute approximate surface area is 68.0 Å². The summed E-state index contributed by atoms with van der Waals surface area (Å²) in [5.74, 6) is -1.18. The molecular formula is C5H11NO6. The molecule has 0 heterocycles. The van der Waals surface area contributed by atoms with Gasteiger partial charge >= 0.3 is 12.1 Å². The van der Waals surface area contributed by atoms with Gasteiger partial charge in [-0.3, -0.25) is 4.79 Å². The zero-order valence-electron chi connectivity index (χ0n) is 6.34. The quantitative estimate of drug-likeness (QED) is 0.368. The Morgan fingerprint density at radius 3 is 1.50 bits per heavy atom. The summed E-state index contributed by atoms with van der Waals surface area (Å²) in [6, 6.07) is -1.16. The highest BCUT2D eigenvalue weighted by atomic mass is 16.6. The molecule has 7 heteroatoms. The Morgan fingerprint density at radius 2 is 1.50 bits per heavy atom. The number of aliphatic hydroxyl groups excluding tert-OH is 1. The van der Waals surface area contributed by atoms with E-state index in [1.165, 1.54) is 6.92 Å². The molecule has 0 radical (unpaired) electrons. The van der Waals surface area contributed by atoms with Gasteiger partial charge in [-0.15, -0.1) is 0 Å². The predicted octanol–water partition coefficient (Wildman–Crippen LogP) is -0.998. The Balaban J connectivity index is 0. The van der Waals surface area contributed by atoms with Crippen molar-refractivity contribution >= 4 is 12.1 Å². The zero-order chi connectivity index (χ0) is 10.3. The van der Waals surface area contributed by atoms with Crippen LogP contribution in [0.25, 0.3) is 0 Å². The van der Waals surface area contributed by atoms with Crippen LogP contribution in [0.5, 0.6) is 0 Å². The Morgan fingerprint density at radius 1 is 1.25 bits per heavy atom. The smallest absolute Gasteiger partial charge is 0.480 e. The Hall–Kier alpha value is -1.34. The SMILES string of the molecule is CC(O)C(N)C(=O)O.O=C(O)O. The summed E-state index contributed by atoms with van der Waals surface area (Å²) < 4.78 is 0. The third kappa shape index (κ3) is 11.5. The fourth-order valence-corrected chi connectivity index (χ4v) is 0.206. The second-order valence-corrected chi connectivity index (χ2v) is 1.89. The van der Waals surface area contributed by atoms with Crippen molar-refractivity contribution in [2.75, 3.05) is 0 Å². The lowest BCUT2D eigenvalue weighted by Gasteiger charge is -2.06. The fraction of sp³-hybridized carbons (Fsp3) is 0.600. The molecule has 7 nitrogen and oxygen atoms in total. The lowest BCUT2D eigenvalue weighted by atomic mass is 10.2. The van der Waals surface area contributed by atoms with Gasteiger partial charge in [0.2, 0.25) is 0 Å². The van der Waals surface area contributed by atoms with Gasteiger partial charge in [0, 0.05) is 0 Å². The molecule has 0 aromatic heterocycles. The number of carboxylic acids is 1. The maximum Gasteiger partial charge on any atom is 0.503 e. The summed E-state index contributed by atoms with van der Waals surface area (Å²) in [5.41, 5.74) is 4.91. The molecule has 0 amide bonds. The van der Waals surface area contributed by atoms with E-state index in [0.29, 0.717) is 0 Å². The summed E-state index contributed by atoms with van der Waals surface area (Å²) >= 11 is 0. The summed E-state index contributed by atoms with van der Waals surface area (Å²) in [6.07, 6.45) is -2.81. The first-order chi connectivity index (χ1) is 5.29. The van der Waals surface area contributed by atoms with Crippen LogP contribution in [0.1, 0.15) is 6.92 Å². The fourth-order valence-electron chi connectivity index (χ4n) is 0.206. The Bertz CT molecular complexity index is 152. The van der Waals surface area contributed by atoms with Crippen LogP contribution in [-0.4, -0.2) is 44.7 Å². The molecule has 0 aromatic rings. The van der Waals surface area contributed by atoms with E-state index in [0.717, 1.165) is 0 Å². The Kier molecular flexibility index (Phi) is 7.05. The van der Waals surface area contributed by atoms with Crippen LogP contribution in [0.3, 0.4) is 0 Å². The van der Waals surface area contributed by atoms with E-state index >= 15 is 0 Å². The molecule has 72 valence electrons. The number of aliphatic hydroxyl groups is 1. The molecule has 12 heavy (non-hydrogen) atoms. The molecule has 0 aliphatic rings. The zero-order valence-corrected chi connectivity index (χ0v) is 6.34. The maximum atomic E-state index is 9.86. The average Bonchev–Trinajstić information content (AvgIpc) is 1.84.